The van der Waals surface area contributed by atoms with Crippen molar-refractivity contribution in [1.29, 1.82) is 0 Å². The molecular weight excluding hydrogens is 492 g/mol. The third-order valence-electron chi connectivity index (χ3n) is 4.79. The molecular formula is C25H18BrClN2O3. The van der Waals surface area contributed by atoms with Crippen LogP contribution in [-0.2, 0) is 6.61 Å². The number of phenolic OH excluding ortho intramolecular Hbond substituents is 1. The third kappa shape index (κ3) is 5.10. The highest BCUT2D eigenvalue weighted by atomic mass is 79.9. The van der Waals surface area contributed by atoms with Crippen LogP contribution in [-0.4, -0.2) is 17.2 Å². The minimum Gasteiger partial charge on any atom is -0.507 e. The maximum atomic E-state index is 12.6. The average Bonchev–Trinajstić information content (AvgIpc) is 2.79. The molecule has 0 radical (unpaired) electrons. The van der Waals surface area contributed by atoms with Crippen LogP contribution >= 0.6 is 27.5 Å². The number of nitrogens with one attached hydrogen (secondary N) is 1. The number of amides is 1. The molecule has 0 bridgehead atoms. The minimum atomic E-state index is -0.516. The normalized spacial score (nSPS) is 11.1. The van der Waals surface area contributed by atoms with Gasteiger partial charge >= 0.3 is 0 Å². The molecule has 160 valence electrons. The largest absolute Gasteiger partial charge is 0.507 e. The molecule has 4 aromatic rings. The van der Waals surface area contributed by atoms with Gasteiger partial charge in [-0.15, -0.1) is 0 Å². The van der Waals surface area contributed by atoms with E-state index < -0.39 is 5.91 Å². The topological polar surface area (TPSA) is 70.9 Å². The lowest BCUT2D eigenvalue weighted by Gasteiger charge is -2.11. The Balaban J connectivity index is 1.49. The number of ether oxygens (including phenoxy) is 1. The van der Waals surface area contributed by atoms with Gasteiger partial charge in [0.1, 0.15) is 18.1 Å². The highest BCUT2D eigenvalue weighted by Crippen LogP contribution is 2.26. The summed E-state index contributed by atoms with van der Waals surface area (Å²) in [6.07, 6.45) is 1.49. The Hall–Kier alpha value is -3.35. The van der Waals surface area contributed by atoms with E-state index in [1.54, 1.807) is 18.2 Å². The summed E-state index contributed by atoms with van der Waals surface area (Å²) >= 11 is 9.63. The van der Waals surface area contributed by atoms with Crippen molar-refractivity contribution in [2.24, 2.45) is 5.10 Å². The Morgan fingerprint density at radius 1 is 1.03 bits per heavy atom. The second kappa shape index (κ2) is 9.85. The molecule has 7 heteroatoms. The number of hydrazone groups is 1. The van der Waals surface area contributed by atoms with Crippen LogP contribution in [0.15, 0.2) is 88.4 Å². The van der Waals surface area contributed by atoms with E-state index >= 15 is 0 Å². The first-order valence-electron chi connectivity index (χ1n) is 9.72. The predicted molar refractivity (Wildman–Crippen MR) is 131 cm³/mol. The standard InChI is InChI=1S/C25H18BrClN2O3/c26-20-9-10-24(32-15-18-7-3-4-8-22(18)27)19(11-20)14-28-29-25(31)21-12-16-5-1-2-6-17(16)13-23(21)30/h1-14,30H,15H2,(H,29,31). The first-order chi connectivity index (χ1) is 15.5. The molecule has 4 aromatic carbocycles. The molecule has 0 unspecified atom stereocenters. The lowest BCUT2D eigenvalue weighted by molar-refractivity contribution is 0.0952. The van der Waals surface area contributed by atoms with Crippen molar-refractivity contribution in [2.45, 2.75) is 6.61 Å². The SMILES string of the molecule is O=C(NN=Cc1cc(Br)ccc1OCc1ccccc1Cl)c1cc2ccccc2cc1O. The van der Waals surface area contributed by atoms with Crippen LogP contribution in [0.2, 0.25) is 5.02 Å². The fourth-order valence-corrected chi connectivity index (χ4v) is 3.72. The molecule has 0 spiro atoms. The summed E-state index contributed by atoms with van der Waals surface area (Å²) in [7, 11) is 0. The van der Waals surface area contributed by atoms with E-state index in [0.29, 0.717) is 22.9 Å². The first kappa shape index (κ1) is 21.9. The number of hydrogen-bond acceptors (Lipinski definition) is 4. The average molecular weight is 510 g/mol. The van der Waals surface area contributed by atoms with Gasteiger partial charge in [-0.3, -0.25) is 4.79 Å². The molecule has 32 heavy (non-hydrogen) atoms. The van der Waals surface area contributed by atoms with E-state index in [4.69, 9.17) is 16.3 Å². The van der Waals surface area contributed by atoms with E-state index in [1.165, 1.54) is 6.21 Å². The Bertz CT molecular complexity index is 1320. The molecule has 0 aliphatic carbocycles. The van der Waals surface area contributed by atoms with Gasteiger partial charge in [0.2, 0.25) is 0 Å². The fraction of sp³-hybridized carbons (Fsp3) is 0.0400. The first-order valence-corrected chi connectivity index (χ1v) is 10.9. The van der Waals surface area contributed by atoms with Crippen molar-refractivity contribution >= 4 is 50.4 Å². The van der Waals surface area contributed by atoms with Crippen LogP contribution in [0.1, 0.15) is 21.5 Å². The van der Waals surface area contributed by atoms with Gasteiger partial charge in [-0.05, 0) is 47.2 Å². The zero-order chi connectivity index (χ0) is 22.5. The van der Waals surface area contributed by atoms with Crippen molar-refractivity contribution in [3.05, 3.63) is 105 Å². The molecule has 0 aliphatic rings. The Morgan fingerprint density at radius 2 is 1.75 bits per heavy atom. The lowest BCUT2D eigenvalue weighted by Crippen LogP contribution is -2.17. The molecule has 0 aromatic heterocycles. The summed E-state index contributed by atoms with van der Waals surface area (Å²) < 4.78 is 6.75. The molecule has 0 heterocycles. The summed E-state index contributed by atoms with van der Waals surface area (Å²) in [5, 5.41) is 16.6. The molecule has 1 amide bonds. The van der Waals surface area contributed by atoms with Gasteiger partial charge in [0, 0.05) is 20.6 Å². The molecule has 0 saturated heterocycles. The summed E-state index contributed by atoms with van der Waals surface area (Å²) in [6, 6.07) is 23.6. The molecule has 0 saturated carbocycles. The van der Waals surface area contributed by atoms with Crippen LogP contribution in [0.25, 0.3) is 10.8 Å². The molecule has 0 fully saturated rings. The Kier molecular flexibility index (Phi) is 6.73. The number of benzene rings is 4. The number of fused-ring (bicyclic) bond motifs is 1. The van der Waals surface area contributed by atoms with E-state index in [9.17, 15) is 9.90 Å². The lowest BCUT2D eigenvalue weighted by atomic mass is 10.1. The number of phenols is 1. The highest BCUT2D eigenvalue weighted by molar-refractivity contribution is 9.10. The van der Waals surface area contributed by atoms with Gasteiger partial charge in [0.25, 0.3) is 5.91 Å². The van der Waals surface area contributed by atoms with Crippen LogP contribution in [0.4, 0.5) is 0 Å². The van der Waals surface area contributed by atoms with E-state index in [2.05, 4.69) is 26.5 Å². The minimum absolute atomic E-state index is 0.109. The Labute approximate surface area is 198 Å². The zero-order valence-electron chi connectivity index (χ0n) is 16.8. The smallest absolute Gasteiger partial charge is 0.275 e. The maximum absolute atomic E-state index is 12.6. The molecule has 0 aliphatic heterocycles. The van der Waals surface area contributed by atoms with Crippen molar-refractivity contribution in [1.82, 2.24) is 5.43 Å². The van der Waals surface area contributed by atoms with Gasteiger partial charge in [0.05, 0.1) is 11.8 Å². The van der Waals surface area contributed by atoms with Crippen molar-refractivity contribution in [3.63, 3.8) is 0 Å². The fourth-order valence-electron chi connectivity index (χ4n) is 3.15. The summed E-state index contributed by atoms with van der Waals surface area (Å²) in [5.74, 6) is -0.0414. The molecule has 4 rings (SSSR count). The van der Waals surface area contributed by atoms with Crippen molar-refractivity contribution in [2.75, 3.05) is 0 Å². The maximum Gasteiger partial charge on any atom is 0.275 e. The number of halogens is 2. The second-order valence-electron chi connectivity index (χ2n) is 6.98. The molecule has 0 atom stereocenters. The Morgan fingerprint density at radius 3 is 2.53 bits per heavy atom. The number of carbonyl (C=O) groups excluding carboxylic acids is 1. The van der Waals surface area contributed by atoms with Crippen molar-refractivity contribution < 1.29 is 14.6 Å². The van der Waals surface area contributed by atoms with E-state index in [0.717, 1.165) is 20.8 Å². The van der Waals surface area contributed by atoms with E-state index in [-0.39, 0.29) is 11.3 Å². The summed E-state index contributed by atoms with van der Waals surface area (Å²) in [4.78, 5) is 12.6. The monoisotopic (exact) mass is 508 g/mol. The van der Waals surface area contributed by atoms with Crippen LogP contribution in [0, 0.1) is 0 Å². The van der Waals surface area contributed by atoms with E-state index in [1.807, 2.05) is 60.7 Å². The quantitative estimate of drug-likeness (QED) is 0.236. The number of rotatable bonds is 6. The van der Waals surface area contributed by atoms with Crippen LogP contribution in [0.5, 0.6) is 11.5 Å². The summed E-state index contributed by atoms with van der Waals surface area (Å²) in [6.45, 7) is 0.291. The number of carbonyl (C=O) groups is 1. The number of hydrogen-bond donors (Lipinski definition) is 2. The molecule has 2 N–H and O–H groups in total. The third-order valence-corrected chi connectivity index (χ3v) is 5.65. The van der Waals surface area contributed by atoms with Gasteiger partial charge in [0.15, 0.2) is 0 Å². The van der Waals surface area contributed by atoms with Gasteiger partial charge < -0.3 is 9.84 Å². The zero-order valence-corrected chi connectivity index (χ0v) is 19.1. The second-order valence-corrected chi connectivity index (χ2v) is 8.30. The van der Waals surface area contributed by atoms with Gasteiger partial charge in [-0.25, -0.2) is 5.43 Å². The summed E-state index contributed by atoms with van der Waals surface area (Å²) in [5.41, 5.74) is 4.13. The van der Waals surface area contributed by atoms with Gasteiger partial charge in [-0.2, -0.15) is 5.10 Å². The highest BCUT2D eigenvalue weighted by Gasteiger charge is 2.12. The van der Waals surface area contributed by atoms with Crippen LogP contribution in [0.3, 0.4) is 0 Å². The van der Waals surface area contributed by atoms with Crippen LogP contribution < -0.4 is 10.2 Å². The van der Waals surface area contributed by atoms with Crippen molar-refractivity contribution in [3.8, 4) is 11.5 Å². The molecule has 5 nitrogen and oxygen atoms in total. The number of aromatic hydroxyl groups is 1. The predicted octanol–water partition coefficient (Wildman–Crippen LogP) is 6.30. The number of nitrogens with zero attached hydrogens (tertiary/aromatic N) is 1. The van der Waals surface area contributed by atoms with Gasteiger partial charge in [-0.1, -0.05) is 70.0 Å².